The number of tetrazole rings is 1. The summed E-state index contributed by atoms with van der Waals surface area (Å²) in [5, 5.41) is 16.7. The Morgan fingerprint density at radius 1 is 1.52 bits per heavy atom. The SMILES string of the molecule is CCOC(=O)C1=C(C)Nc2nnnn2C1c1sccc1C. The molecule has 1 N–H and O–H groups in total. The fraction of sp³-hybridized carbons (Fsp3) is 0.385. The number of hydrogen-bond donors (Lipinski definition) is 1. The Morgan fingerprint density at radius 2 is 2.33 bits per heavy atom. The Labute approximate surface area is 125 Å². The molecule has 0 spiro atoms. The van der Waals surface area contributed by atoms with Crippen LogP contribution in [-0.2, 0) is 9.53 Å². The third kappa shape index (κ3) is 2.21. The Kier molecular flexibility index (Phi) is 3.46. The zero-order chi connectivity index (χ0) is 15.0. The van der Waals surface area contributed by atoms with Gasteiger partial charge in [-0.15, -0.1) is 11.3 Å². The molecule has 0 saturated carbocycles. The Morgan fingerprint density at radius 3 is 3.00 bits per heavy atom. The van der Waals surface area contributed by atoms with Gasteiger partial charge in [-0.1, -0.05) is 5.10 Å². The van der Waals surface area contributed by atoms with Crippen molar-refractivity contribution in [1.82, 2.24) is 20.2 Å². The molecule has 0 aliphatic carbocycles. The van der Waals surface area contributed by atoms with Crippen LogP contribution in [0.1, 0.15) is 30.3 Å². The number of carbonyl (C=O) groups excluding carboxylic acids is 1. The highest BCUT2D eigenvalue weighted by Gasteiger charge is 2.36. The summed E-state index contributed by atoms with van der Waals surface area (Å²) < 4.78 is 6.82. The van der Waals surface area contributed by atoms with Crippen LogP contribution in [0.2, 0.25) is 0 Å². The number of rotatable bonds is 3. The molecular weight excluding hydrogens is 290 g/mol. The van der Waals surface area contributed by atoms with Crippen LogP contribution in [0.25, 0.3) is 0 Å². The summed E-state index contributed by atoms with van der Waals surface area (Å²) in [6.45, 7) is 5.96. The van der Waals surface area contributed by atoms with Crippen LogP contribution in [-0.4, -0.2) is 32.8 Å². The van der Waals surface area contributed by atoms with E-state index in [1.54, 1.807) is 22.9 Å². The largest absolute Gasteiger partial charge is 0.463 e. The molecule has 0 radical (unpaired) electrons. The monoisotopic (exact) mass is 305 g/mol. The van der Waals surface area contributed by atoms with Crippen molar-refractivity contribution < 1.29 is 9.53 Å². The highest BCUT2D eigenvalue weighted by atomic mass is 32.1. The number of anilines is 1. The second-order valence-electron chi connectivity index (χ2n) is 4.70. The lowest BCUT2D eigenvalue weighted by atomic mass is 10.00. The number of hydrogen-bond acceptors (Lipinski definition) is 7. The second-order valence-corrected chi connectivity index (χ2v) is 5.65. The van der Waals surface area contributed by atoms with Crippen LogP contribution >= 0.6 is 11.3 Å². The summed E-state index contributed by atoms with van der Waals surface area (Å²) in [5.41, 5.74) is 2.36. The highest BCUT2D eigenvalue weighted by Crippen LogP contribution is 2.38. The van der Waals surface area contributed by atoms with Crippen LogP contribution in [0.3, 0.4) is 0 Å². The molecule has 1 unspecified atom stereocenters. The van der Waals surface area contributed by atoms with Gasteiger partial charge in [0.2, 0.25) is 5.95 Å². The normalized spacial score (nSPS) is 17.4. The van der Waals surface area contributed by atoms with Crippen LogP contribution in [0.15, 0.2) is 22.7 Å². The fourth-order valence-corrected chi connectivity index (χ4v) is 3.41. The number of aryl methyl sites for hydroxylation is 1. The van der Waals surface area contributed by atoms with Gasteiger partial charge in [0.25, 0.3) is 0 Å². The van der Waals surface area contributed by atoms with Crippen molar-refractivity contribution in [2.45, 2.75) is 26.8 Å². The zero-order valence-corrected chi connectivity index (χ0v) is 12.8. The van der Waals surface area contributed by atoms with E-state index < -0.39 is 0 Å². The first kappa shape index (κ1) is 13.7. The number of aromatic nitrogens is 4. The van der Waals surface area contributed by atoms with Gasteiger partial charge >= 0.3 is 5.97 Å². The average Bonchev–Trinajstić information content (AvgIpc) is 3.06. The summed E-state index contributed by atoms with van der Waals surface area (Å²) in [7, 11) is 0. The molecule has 3 heterocycles. The lowest BCUT2D eigenvalue weighted by Gasteiger charge is -2.26. The molecule has 1 atom stereocenters. The second kappa shape index (κ2) is 5.28. The minimum absolute atomic E-state index is 0.328. The Hall–Kier alpha value is -2.22. The molecule has 0 amide bonds. The number of fused-ring (bicyclic) bond motifs is 1. The lowest BCUT2D eigenvalue weighted by molar-refractivity contribution is -0.139. The summed E-state index contributed by atoms with van der Waals surface area (Å²) in [4.78, 5) is 13.4. The van der Waals surface area contributed by atoms with Gasteiger partial charge in [0, 0.05) is 10.6 Å². The van der Waals surface area contributed by atoms with Crippen molar-refractivity contribution in [2.24, 2.45) is 0 Å². The number of carbonyl (C=O) groups is 1. The van der Waals surface area contributed by atoms with Gasteiger partial charge in [-0.05, 0) is 48.2 Å². The van der Waals surface area contributed by atoms with E-state index in [1.165, 1.54) is 0 Å². The molecule has 1 aliphatic heterocycles. The van der Waals surface area contributed by atoms with Crippen molar-refractivity contribution >= 4 is 23.3 Å². The molecular formula is C13H15N5O2S. The highest BCUT2D eigenvalue weighted by molar-refractivity contribution is 7.10. The fourth-order valence-electron chi connectivity index (χ4n) is 2.39. The average molecular weight is 305 g/mol. The first-order valence-electron chi connectivity index (χ1n) is 6.60. The lowest BCUT2D eigenvalue weighted by Crippen LogP contribution is -2.29. The maximum absolute atomic E-state index is 12.4. The van der Waals surface area contributed by atoms with Crippen LogP contribution in [0.4, 0.5) is 5.95 Å². The number of nitrogens with one attached hydrogen (secondary N) is 1. The molecule has 21 heavy (non-hydrogen) atoms. The zero-order valence-electron chi connectivity index (χ0n) is 12.0. The summed E-state index contributed by atoms with van der Waals surface area (Å²) in [5.74, 6) is 0.180. The van der Waals surface area contributed by atoms with Gasteiger partial charge < -0.3 is 10.1 Å². The number of ether oxygens (including phenoxy) is 1. The van der Waals surface area contributed by atoms with Crippen molar-refractivity contribution in [2.75, 3.05) is 11.9 Å². The van der Waals surface area contributed by atoms with E-state index in [9.17, 15) is 4.79 Å². The van der Waals surface area contributed by atoms with E-state index in [0.29, 0.717) is 23.8 Å². The molecule has 8 heteroatoms. The predicted molar refractivity (Wildman–Crippen MR) is 78.0 cm³/mol. The minimum atomic E-state index is -0.352. The van der Waals surface area contributed by atoms with Gasteiger partial charge in [0.1, 0.15) is 6.04 Å². The van der Waals surface area contributed by atoms with Crippen LogP contribution in [0, 0.1) is 6.92 Å². The van der Waals surface area contributed by atoms with Gasteiger partial charge in [-0.2, -0.15) is 4.68 Å². The molecule has 0 aromatic carbocycles. The van der Waals surface area contributed by atoms with E-state index in [1.807, 2.05) is 25.3 Å². The summed E-state index contributed by atoms with van der Waals surface area (Å²) >= 11 is 1.58. The third-order valence-corrected chi connectivity index (χ3v) is 4.43. The molecule has 0 fully saturated rings. The van der Waals surface area contributed by atoms with E-state index in [0.717, 1.165) is 10.4 Å². The van der Waals surface area contributed by atoms with E-state index in [2.05, 4.69) is 20.8 Å². The summed E-state index contributed by atoms with van der Waals surface area (Å²) in [6, 6.07) is 1.67. The van der Waals surface area contributed by atoms with E-state index in [-0.39, 0.29) is 12.0 Å². The molecule has 0 saturated heterocycles. The number of nitrogens with zero attached hydrogens (tertiary/aromatic N) is 4. The first-order valence-corrected chi connectivity index (χ1v) is 7.48. The maximum Gasteiger partial charge on any atom is 0.338 e. The Bertz CT molecular complexity index is 718. The molecule has 7 nitrogen and oxygen atoms in total. The van der Waals surface area contributed by atoms with Gasteiger partial charge in [0.15, 0.2) is 0 Å². The number of esters is 1. The standard InChI is InChI=1S/C13H15N5O2S/c1-4-20-12(19)9-8(3)14-13-15-16-17-18(13)10(9)11-7(2)5-6-21-11/h5-6,10H,4H2,1-3H3,(H,14,15,17). The minimum Gasteiger partial charge on any atom is -0.463 e. The van der Waals surface area contributed by atoms with Gasteiger partial charge in [-0.3, -0.25) is 0 Å². The van der Waals surface area contributed by atoms with E-state index in [4.69, 9.17) is 4.74 Å². The smallest absolute Gasteiger partial charge is 0.338 e. The molecule has 2 aromatic rings. The molecule has 0 bridgehead atoms. The maximum atomic E-state index is 12.4. The molecule has 1 aliphatic rings. The van der Waals surface area contributed by atoms with Crippen molar-refractivity contribution in [3.8, 4) is 0 Å². The van der Waals surface area contributed by atoms with Crippen LogP contribution < -0.4 is 5.32 Å². The quantitative estimate of drug-likeness (QED) is 0.872. The van der Waals surface area contributed by atoms with Crippen LogP contribution in [0.5, 0.6) is 0 Å². The van der Waals surface area contributed by atoms with E-state index >= 15 is 0 Å². The van der Waals surface area contributed by atoms with Crippen molar-refractivity contribution in [3.05, 3.63) is 33.2 Å². The predicted octanol–water partition coefficient (Wildman–Crippen LogP) is 1.90. The van der Waals surface area contributed by atoms with Gasteiger partial charge in [-0.25, -0.2) is 4.79 Å². The van der Waals surface area contributed by atoms with Gasteiger partial charge in [0.05, 0.1) is 12.2 Å². The topological polar surface area (TPSA) is 81.9 Å². The third-order valence-electron chi connectivity index (χ3n) is 3.36. The molecule has 110 valence electrons. The van der Waals surface area contributed by atoms with Crippen molar-refractivity contribution in [1.29, 1.82) is 0 Å². The first-order chi connectivity index (χ1) is 10.1. The summed E-state index contributed by atoms with van der Waals surface area (Å²) in [6.07, 6.45) is 0. The molecule has 2 aromatic heterocycles. The number of allylic oxidation sites excluding steroid dienone is 1. The van der Waals surface area contributed by atoms with Crippen molar-refractivity contribution in [3.63, 3.8) is 0 Å². The molecule has 3 rings (SSSR count). The number of thiophene rings is 1. The Balaban J connectivity index is 2.16.